The van der Waals surface area contributed by atoms with Crippen LogP contribution in [0.15, 0.2) is 24.4 Å². The van der Waals surface area contributed by atoms with E-state index in [0.29, 0.717) is 0 Å². The molecule has 1 aromatic heterocycles. The molecule has 0 atom stereocenters. The molecule has 0 fully saturated rings. The molecule has 0 saturated carbocycles. The quantitative estimate of drug-likeness (QED) is 0.763. The van der Waals surface area contributed by atoms with Gasteiger partial charge < -0.3 is 9.30 Å². The summed E-state index contributed by atoms with van der Waals surface area (Å²) < 4.78 is 7.59. The van der Waals surface area contributed by atoms with Crippen molar-refractivity contribution in [2.75, 3.05) is 7.11 Å². The van der Waals surface area contributed by atoms with E-state index in [4.69, 9.17) is 4.74 Å². The monoisotopic (exact) mass is 217 g/mol. The zero-order valence-electron chi connectivity index (χ0n) is 10.3. The second-order valence-electron chi connectivity index (χ2n) is 4.07. The maximum absolute atomic E-state index is 5.29. The number of hydrogen-bond donors (Lipinski definition) is 0. The standard InChI is InChI=1S/C14H19NO/c1-4-6-11-10-15(5-2)14-8-7-12(16-3)9-13(11)14/h7-10H,4-6H2,1-3H3. The normalized spacial score (nSPS) is 10.9. The first-order chi connectivity index (χ1) is 7.80. The van der Waals surface area contributed by atoms with Crippen LogP contribution in [0.1, 0.15) is 25.8 Å². The van der Waals surface area contributed by atoms with Crippen LogP contribution in [-0.4, -0.2) is 11.7 Å². The minimum atomic E-state index is 0.943. The van der Waals surface area contributed by atoms with E-state index in [2.05, 4.69) is 36.7 Å². The predicted octanol–water partition coefficient (Wildman–Crippen LogP) is 3.62. The average Bonchev–Trinajstić information content (AvgIpc) is 2.67. The highest BCUT2D eigenvalue weighted by molar-refractivity contribution is 5.85. The predicted molar refractivity (Wildman–Crippen MR) is 68.2 cm³/mol. The van der Waals surface area contributed by atoms with Crippen molar-refractivity contribution >= 4 is 10.9 Å². The van der Waals surface area contributed by atoms with Gasteiger partial charge in [-0.2, -0.15) is 0 Å². The molecule has 0 unspecified atom stereocenters. The zero-order chi connectivity index (χ0) is 11.5. The van der Waals surface area contributed by atoms with Gasteiger partial charge >= 0.3 is 0 Å². The van der Waals surface area contributed by atoms with Gasteiger partial charge in [0.15, 0.2) is 0 Å². The Morgan fingerprint density at radius 3 is 2.69 bits per heavy atom. The molecule has 86 valence electrons. The molecule has 1 heterocycles. The van der Waals surface area contributed by atoms with Crippen molar-refractivity contribution in [3.63, 3.8) is 0 Å². The van der Waals surface area contributed by atoms with Crippen LogP contribution >= 0.6 is 0 Å². The van der Waals surface area contributed by atoms with Gasteiger partial charge in [0, 0.05) is 23.6 Å². The summed E-state index contributed by atoms with van der Waals surface area (Å²) in [6, 6.07) is 6.33. The molecule has 2 heteroatoms. The molecule has 0 aliphatic heterocycles. The second-order valence-corrected chi connectivity index (χ2v) is 4.07. The Kier molecular flexibility index (Phi) is 3.18. The van der Waals surface area contributed by atoms with Gasteiger partial charge in [0.1, 0.15) is 5.75 Å². The molecule has 0 aliphatic carbocycles. The van der Waals surface area contributed by atoms with E-state index in [-0.39, 0.29) is 0 Å². The van der Waals surface area contributed by atoms with Gasteiger partial charge in [-0.3, -0.25) is 0 Å². The Morgan fingerprint density at radius 1 is 1.25 bits per heavy atom. The fourth-order valence-corrected chi connectivity index (χ4v) is 2.21. The van der Waals surface area contributed by atoms with Crippen LogP contribution in [0.25, 0.3) is 10.9 Å². The van der Waals surface area contributed by atoms with E-state index in [1.54, 1.807) is 7.11 Å². The summed E-state index contributed by atoms with van der Waals surface area (Å²) >= 11 is 0. The summed E-state index contributed by atoms with van der Waals surface area (Å²) in [4.78, 5) is 0. The lowest BCUT2D eigenvalue weighted by molar-refractivity contribution is 0.415. The first kappa shape index (κ1) is 11.1. The van der Waals surface area contributed by atoms with Crippen molar-refractivity contribution < 1.29 is 4.74 Å². The molecule has 0 aliphatic rings. The molecule has 2 rings (SSSR count). The molecule has 0 radical (unpaired) electrons. The minimum Gasteiger partial charge on any atom is -0.497 e. The van der Waals surface area contributed by atoms with E-state index in [1.807, 2.05) is 6.07 Å². The fourth-order valence-electron chi connectivity index (χ4n) is 2.21. The van der Waals surface area contributed by atoms with Gasteiger partial charge in [0.2, 0.25) is 0 Å². The maximum atomic E-state index is 5.29. The topological polar surface area (TPSA) is 14.2 Å². The SMILES string of the molecule is CCCc1cn(CC)c2ccc(OC)cc12. The number of benzene rings is 1. The van der Waals surface area contributed by atoms with Crippen molar-refractivity contribution in [1.82, 2.24) is 4.57 Å². The van der Waals surface area contributed by atoms with Crippen molar-refractivity contribution in [3.05, 3.63) is 30.0 Å². The van der Waals surface area contributed by atoms with E-state index in [0.717, 1.165) is 18.7 Å². The van der Waals surface area contributed by atoms with Crippen LogP contribution in [0.4, 0.5) is 0 Å². The number of aryl methyl sites for hydroxylation is 2. The number of fused-ring (bicyclic) bond motifs is 1. The number of ether oxygens (including phenoxy) is 1. The molecule has 2 aromatic rings. The van der Waals surface area contributed by atoms with Crippen LogP contribution in [0.5, 0.6) is 5.75 Å². The summed E-state index contributed by atoms with van der Waals surface area (Å²) in [7, 11) is 1.72. The van der Waals surface area contributed by atoms with Crippen molar-refractivity contribution in [1.29, 1.82) is 0 Å². The molecule has 2 nitrogen and oxygen atoms in total. The highest BCUT2D eigenvalue weighted by atomic mass is 16.5. The van der Waals surface area contributed by atoms with Gasteiger partial charge in [-0.1, -0.05) is 13.3 Å². The number of rotatable bonds is 4. The third kappa shape index (κ3) is 1.80. The molecule has 1 aromatic carbocycles. The number of nitrogens with zero attached hydrogens (tertiary/aromatic N) is 1. The Morgan fingerprint density at radius 2 is 2.06 bits per heavy atom. The highest BCUT2D eigenvalue weighted by Crippen LogP contribution is 2.26. The molecular formula is C14H19NO. The Bertz CT molecular complexity index is 485. The van der Waals surface area contributed by atoms with Crippen LogP contribution in [0.2, 0.25) is 0 Å². The van der Waals surface area contributed by atoms with Gasteiger partial charge in [-0.15, -0.1) is 0 Å². The molecule has 16 heavy (non-hydrogen) atoms. The summed E-state index contributed by atoms with van der Waals surface area (Å²) in [5.74, 6) is 0.943. The van der Waals surface area contributed by atoms with Crippen molar-refractivity contribution in [3.8, 4) is 5.75 Å². The largest absolute Gasteiger partial charge is 0.497 e. The van der Waals surface area contributed by atoms with Crippen molar-refractivity contribution in [2.45, 2.75) is 33.2 Å². The van der Waals surface area contributed by atoms with Crippen molar-refractivity contribution in [2.24, 2.45) is 0 Å². The van der Waals surface area contributed by atoms with Gasteiger partial charge in [0.25, 0.3) is 0 Å². The third-order valence-electron chi connectivity index (χ3n) is 3.03. The summed E-state index contributed by atoms with van der Waals surface area (Å²) in [5, 5.41) is 1.34. The minimum absolute atomic E-state index is 0.943. The van der Waals surface area contributed by atoms with E-state index < -0.39 is 0 Å². The van der Waals surface area contributed by atoms with Crippen LogP contribution in [0.3, 0.4) is 0 Å². The summed E-state index contributed by atoms with van der Waals surface area (Å²) in [5.41, 5.74) is 2.74. The molecule has 0 spiro atoms. The Labute approximate surface area is 96.8 Å². The van der Waals surface area contributed by atoms with Gasteiger partial charge in [-0.05, 0) is 37.1 Å². The van der Waals surface area contributed by atoms with Crippen LogP contribution in [0, 0.1) is 0 Å². The second kappa shape index (κ2) is 4.60. The van der Waals surface area contributed by atoms with E-state index >= 15 is 0 Å². The Balaban J connectivity index is 2.60. The summed E-state index contributed by atoms with van der Waals surface area (Å²) in [6.07, 6.45) is 4.59. The van der Waals surface area contributed by atoms with E-state index in [9.17, 15) is 0 Å². The summed E-state index contributed by atoms with van der Waals surface area (Å²) in [6.45, 7) is 5.42. The van der Waals surface area contributed by atoms with Gasteiger partial charge in [0.05, 0.1) is 7.11 Å². The lowest BCUT2D eigenvalue weighted by Gasteiger charge is -2.02. The Hall–Kier alpha value is -1.44. The smallest absolute Gasteiger partial charge is 0.119 e. The molecule has 0 amide bonds. The number of hydrogen-bond acceptors (Lipinski definition) is 1. The molecule has 0 saturated heterocycles. The highest BCUT2D eigenvalue weighted by Gasteiger charge is 2.07. The van der Waals surface area contributed by atoms with Crippen LogP contribution in [-0.2, 0) is 13.0 Å². The molecule has 0 N–H and O–H groups in total. The maximum Gasteiger partial charge on any atom is 0.119 e. The third-order valence-corrected chi connectivity index (χ3v) is 3.03. The molecule has 0 bridgehead atoms. The first-order valence-corrected chi connectivity index (χ1v) is 5.95. The molecular weight excluding hydrogens is 198 g/mol. The fraction of sp³-hybridized carbons (Fsp3) is 0.429. The van der Waals surface area contributed by atoms with E-state index in [1.165, 1.54) is 22.9 Å². The lowest BCUT2D eigenvalue weighted by Crippen LogP contribution is -1.90. The lowest BCUT2D eigenvalue weighted by atomic mass is 10.1. The van der Waals surface area contributed by atoms with Crippen LogP contribution < -0.4 is 4.74 Å². The zero-order valence-corrected chi connectivity index (χ0v) is 10.3. The number of methoxy groups -OCH3 is 1. The van der Waals surface area contributed by atoms with Gasteiger partial charge in [-0.25, -0.2) is 0 Å². The average molecular weight is 217 g/mol. The number of aromatic nitrogens is 1. The first-order valence-electron chi connectivity index (χ1n) is 5.95.